The minimum absolute atomic E-state index is 0.762. The van der Waals surface area contributed by atoms with Crippen LogP contribution in [0.3, 0.4) is 0 Å². The van der Waals surface area contributed by atoms with E-state index in [4.69, 9.17) is 0 Å². The molecule has 154 valence electrons. The molecule has 0 saturated heterocycles. The van der Waals surface area contributed by atoms with Crippen molar-refractivity contribution in [1.82, 2.24) is 0 Å². The van der Waals surface area contributed by atoms with Crippen LogP contribution in [0.4, 0.5) is 35.1 Å². The minimum Gasteiger partial charge on any atom is -0.203 e. The van der Waals surface area contributed by atoms with Gasteiger partial charge in [-0.2, -0.15) is 0 Å². The fourth-order valence-corrected chi connectivity index (χ4v) is 1.83. The first kappa shape index (κ1) is 25.4. The zero-order valence-electron chi connectivity index (χ0n) is 16.0. The van der Waals surface area contributed by atoms with E-state index in [1.165, 1.54) is 11.8 Å². The first-order valence-electron chi connectivity index (χ1n) is 8.26. The molecule has 0 spiro atoms. The summed E-state index contributed by atoms with van der Waals surface area (Å²) in [5, 5.41) is 0. The summed E-state index contributed by atoms with van der Waals surface area (Å²) < 4.78 is 108. The number of hydrogen-bond acceptors (Lipinski definition) is 0. The topological polar surface area (TPSA) is 0 Å². The van der Waals surface area contributed by atoms with Crippen molar-refractivity contribution in [3.63, 3.8) is 0 Å². The van der Waals surface area contributed by atoms with Crippen LogP contribution in [-0.4, -0.2) is 0 Å². The highest BCUT2D eigenvalue weighted by atomic mass is 19.2. The minimum atomic E-state index is -1.90. The summed E-state index contributed by atoms with van der Waals surface area (Å²) in [6, 6.07) is 0. The van der Waals surface area contributed by atoms with Crippen LogP contribution in [0.25, 0.3) is 0 Å². The maximum atomic E-state index is 13.6. The van der Waals surface area contributed by atoms with Crippen LogP contribution >= 0.6 is 0 Å². The fourth-order valence-electron chi connectivity index (χ4n) is 1.83. The van der Waals surface area contributed by atoms with E-state index in [9.17, 15) is 35.1 Å². The third-order valence-corrected chi connectivity index (χ3v) is 3.28. The number of rotatable bonds is 0. The molecule has 0 N–H and O–H groups in total. The lowest BCUT2D eigenvalue weighted by Crippen LogP contribution is -2.05. The summed E-state index contributed by atoms with van der Waals surface area (Å²) in [6.45, 7) is 9.52. The molecule has 0 fully saturated rings. The average Bonchev–Trinajstić information content (AvgIpc) is 2.72. The number of hydrogen-bond donors (Lipinski definition) is 0. The lowest BCUT2D eigenvalue weighted by molar-refractivity contribution is 0.440. The zero-order chi connectivity index (χ0) is 22.3. The van der Waals surface area contributed by atoms with E-state index < -0.39 is 68.8 Å². The van der Waals surface area contributed by atoms with Gasteiger partial charge in [-0.1, -0.05) is 39.5 Å². The zero-order valence-corrected chi connectivity index (χ0v) is 16.0. The maximum Gasteiger partial charge on any atom is 0.177 e. The van der Waals surface area contributed by atoms with Crippen molar-refractivity contribution in [2.75, 3.05) is 0 Å². The van der Waals surface area contributed by atoms with Gasteiger partial charge in [0.15, 0.2) is 46.5 Å². The number of benzene rings is 2. The molecule has 0 amide bonds. The average molecular weight is 410 g/mol. The van der Waals surface area contributed by atoms with Gasteiger partial charge in [-0.05, 0) is 13.8 Å². The monoisotopic (exact) mass is 410 g/mol. The Morgan fingerprint density at radius 3 is 0.750 bits per heavy atom. The molecule has 8 heteroatoms. The molecule has 0 unspecified atom stereocenters. The number of halogens is 8. The van der Waals surface area contributed by atoms with E-state index in [-0.39, 0.29) is 0 Å². The lowest BCUT2D eigenvalue weighted by atomic mass is 10.1. The Kier molecular flexibility index (Phi) is 9.71. The molecule has 2 aromatic rings. The summed E-state index contributed by atoms with van der Waals surface area (Å²) in [6.07, 6.45) is 0. The van der Waals surface area contributed by atoms with Crippen molar-refractivity contribution in [3.8, 4) is 11.8 Å². The summed E-state index contributed by atoms with van der Waals surface area (Å²) in [4.78, 5) is 0. The largest absolute Gasteiger partial charge is 0.203 e. The summed E-state index contributed by atoms with van der Waals surface area (Å²) in [7, 11) is 0. The predicted octanol–water partition coefficient (Wildman–Crippen LogP) is 6.87. The van der Waals surface area contributed by atoms with Crippen LogP contribution < -0.4 is 0 Å². The van der Waals surface area contributed by atoms with Gasteiger partial charge in [0.2, 0.25) is 0 Å². The van der Waals surface area contributed by atoms with Gasteiger partial charge in [-0.15, -0.1) is 0 Å². The molecular formula is C20H18F8. The lowest BCUT2D eigenvalue weighted by Gasteiger charge is -2.06. The van der Waals surface area contributed by atoms with Crippen molar-refractivity contribution in [2.45, 2.75) is 41.5 Å². The molecule has 0 aliphatic rings. The van der Waals surface area contributed by atoms with Gasteiger partial charge < -0.3 is 0 Å². The third-order valence-electron chi connectivity index (χ3n) is 3.28. The molecule has 28 heavy (non-hydrogen) atoms. The van der Waals surface area contributed by atoms with Gasteiger partial charge >= 0.3 is 0 Å². The second kappa shape index (κ2) is 10.7. The van der Waals surface area contributed by atoms with Gasteiger partial charge in [0, 0.05) is 11.1 Å². The summed E-state index contributed by atoms with van der Waals surface area (Å²) >= 11 is 0. The quantitative estimate of drug-likeness (QED) is 0.253. The SMILES string of the molecule is CC.CC.Cc1c(F)c(F)c(C#Cc2c(F)c(F)c(C)c(F)c2F)c(F)c1F. The van der Waals surface area contributed by atoms with E-state index in [2.05, 4.69) is 0 Å². The highest BCUT2D eigenvalue weighted by Crippen LogP contribution is 2.25. The Bertz CT molecular complexity index is 789. The van der Waals surface area contributed by atoms with Gasteiger partial charge in [0.05, 0.1) is 0 Å². The standard InChI is InChI=1S/C16H6F8.2C2H6/c1-5-9(17)13(21)7(14(22)10(5)18)3-4-8-15(23)11(19)6(2)12(20)16(8)24;2*1-2/h1-2H3;2*1-2H3. The molecular weight excluding hydrogens is 392 g/mol. The molecule has 0 aliphatic carbocycles. The van der Waals surface area contributed by atoms with Crippen LogP contribution in [0.1, 0.15) is 49.9 Å². The first-order valence-corrected chi connectivity index (χ1v) is 8.26. The Morgan fingerprint density at radius 1 is 0.393 bits per heavy atom. The van der Waals surface area contributed by atoms with Crippen molar-refractivity contribution in [2.24, 2.45) is 0 Å². The molecule has 0 aromatic heterocycles. The van der Waals surface area contributed by atoms with E-state index in [1.54, 1.807) is 0 Å². The summed E-state index contributed by atoms with van der Waals surface area (Å²) in [5.74, 6) is -11.6. The summed E-state index contributed by atoms with van der Waals surface area (Å²) in [5.41, 5.74) is -4.84. The smallest absolute Gasteiger partial charge is 0.177 e. The highest BCUT2D eigenvalue weighted by Gasteiger charge is 2.24. The molecule has 0 nitrogen and oxygen atoms in total. The molecule has 2 aromatic carbocycles. The normalized spacial score (nSPS) is 9.50. The Labute approximate surface area is 158 Å². The Morgan fingerprint density at radius 2 is 0.571 bits per heavy atom. The van der Waals surface area contributed by atoms with Crippen molar-refractivity contribution in [1.29, 1.82) is 0 Å². The van der Waals surface area contributed by atoms with E-state index in [1.807, 2.05) is 27.7 Å². The van der Waals surface area contributed by atoms with E-state index in [0.717, 1.165) is 13.8 Å². The van der Waals surface area contributed by atoms with Crippen molar-refractivity contribution >= 4 is 0 Å². The van der Waals surface area contributed by atoms with E-state index >= 15 is 0 Å². The first-order chi connectivity index (χ1) is 13.1. The van der Waals surface area contributed by atoms with Crippen LogP contribution in [0.15, 0.2) is 0 Å². The molecule has 0 aliphatic heterocycles. The molecule has 0 heterocycles. The van der Waals surface area contributed by atoms with Gasteiger partial charge in [0.1, 0.15) is 11.1 Å². The van der Waals surface area contributed by atoms with Crippen molar-refractivity contribution < 1.29 is 35.1 Å². The van der Waals surface area contributed by atoms with Crippen molar-refractivity contribution in [3.05, 3.63) is 68.8 Å². The van der Waals surface area contributed by atoms with E-state index in [0.29, 0.717) is 0 Å². The molecule has 0 atom stereocenters. The van der Waals surface area contributed by atoms with Crippen LogP contribution in [0, 0.1) is 72.2 Å². The van der Waals surface area contributed by atoms with Gasteiger partial charge in [-0.3, -0.25) is 0 Å². The second-order valence-corrected chi connectivity index (χ2v) is 4.76. The maximum absolute atomic E-state index is 13.6. The third kappa shape index (κ3) is 4.64. The van der Waals surface area contributed by atoms with Crippen LogP contribution in [-0.2, 0) is 0 Å². The molecule has 0 bridgehead atoms. The fraction of sp³-hybridized carbons (Fsp3) is 0.300. The van der Waals surface area contributed by atoms with Crippen LogP contribution in [0.5, 0.6) is 0 Å². The molecule has 2 rings (SSSR count). The highest BCUT2D eigenvalue weighted by molar-refractivity contribution is 5.48. The molecule has 0 radical (unpaired) electrons. The van der Waals surface area contributed by atoms with Gasteiger partial charge in [-0.25, -0.2) is 35.1 Å². The second-order valence-electron chi connectivity index (χ2n) is 4.76. The predicted molar refractivity (Wildman–Crippen MR) is 90.7 cm³/mol. The van der Waals surface area contributed by atoms with Crippen LogP contribution in [0.2, 0.25) is 0 Å². The van der Waals surface area contributed by atoms with Gasteiger partial charge in [0.25, 0.3) is 0 Å². The molecule has 0 saturated carbocycles. The Hall–Kier alpha value is -2.56. The Balaban J connectivity index is 0.00000171.